The van der Waals surface area contributed by atoms with Crippen LogP contribution in [0, 0.1) is 12.8 Å². The Kier molecular flexibility index (Phi) is 3.80. The van der Waals surface area contributed by atoms with Crippen molar-refractivity contribution in [3.8, 4) is 0 Å². The van der Waals surface area contributed by atoms with Gasteiger partial charge in [0.05, 0.1) is 0 Å². The fraction of sp³-hybridized carbons (Fsp3) is 0.400. The predicted molar refractivity (Wildman–Crippen MR) is 80.7 cm³/mol. The largest absolute Gasteiger partial charge is 0.384 e. The van der Waals surface area contributed by atoms with Gasteiger partial charge in [-0.3, -0.25) is 0 Å². The highest BCUT2D eigenvalue weighted by molar-refractivity contribution is 7.11. The fourth-order valence-corrected chi connectivity index (χ4v) is 3.28. The summed E-state index contributed by atoms with van der Waals surface area (Å²) in [7, 11) is 0. The van der Waals surface area contributed by atoms with E-state index in [0.717, 1.165) is 26.1 Å². The van der Waals surface area contributed by atoms with Crippen LogP contribution in [-0.4, -0.2) is 18.1 Å². The van der Waals surface area contributed by atoms with Crippen molar-refractivity contribution in [2.75, 3.05) is 18.4 Å². The molecule has 0 spiro atoms. The van der Waals surface area contributed by atoms with Crippen LogP contribution in [0.25, 0.3) is 0 Å². The van der Waals surface area contributed by atoms with Gasteiger partial charge in [0.2, 0.25) is 0 Å². The standard InChI is InChI=1S/C15H19N3S/c1-11-7-18-15(19-11)10-16-8-12-6-13-4-2-3-5-14(13)17-9-12/h2-5,7,12,16-17H,6,8-10H2,1H3. The third-order valence-electron chi connectivity index (χ3n) is 3.49. The van der Waals surface area contributed by atoms with E-state index in [1.165, 1.54) is 21.1 Å². The molecule has 2 N–H and O–H groups in total. The van der Waals surface area contributed by atoms with Crippen molar-refractivity contribution in [3.05, 3.63) is 45.9 Å². The fourth-order valence-electron chi connectivity index (χ4n) is 2.52. The second-order valence-corrected chi connectivity index (χ2v) is 6.42. The maximum Gasteiger partial charge on any atom is 0.107 e. The van der Waals surface area contributed by atoms with E-state index in [2.05, 4.69) is 46.8 Å². The molecule has 2 aromatic rings. The Morgan fingerprint density at radius 3 is 3.16 bits per heavy atom. The number of fused-ring (bicyclic) bond motifs is 1. The average molecular weight is 273 g/mol. The molecule has 1 atom stereocenters. The van der Waals surface area contributed by atoms with Gasteiger partial charge in [-0.2, -0.15) is 0 Å². The molecule has 0 fully saturated rings. The van der Waals surface area contributed by atoms with Crippen molar-refractivity contribution < 1.29 is 0 Å². The molecule has 0 aliphatic carbocycles. The lowest BCUT2D eigenvalue weighted by atomic mass is 9.94. The van der Waals surface area contributed by atoms with Gasteiger partial charge in [0.1, 0.15) is 5.01 Å². The monoisotopic (exact) mass is 273 g/mol. The molecule has 19 heavy (non-hydrogen) atoms. The van der Waals surface area contributed by atoms with Crippen LogP contribution < -0.4 is 10.6 Å². The number of nitrogens with one attached hydrogen (secondary N) is 2. The number of para-hydroxylation sites is 1. The van der Waals surface area contributed by atoms with Crippen LogP contribution in [0.5, 0.6) is 0 Å². The Morgan fingerprint density at radius 2 is 2.32 bits per heavy atom. The van der Waals surface area contributed by atoms with Crippen LogP contribution in [0.15, 0.2) is 30.5 Å². The molecule has 3 nitrogen and oxygen atoms in total. The highest BCUT2D eigenvalue weighted by Crippen LogP contribution is 2.23. The number of thiazole rings is 1. The molecule has 0 saturated carbocycles. The van der Waals surface area contributed by atoms with Crippen molar-refractivity contribution in [3.63, 3.8) is 0 Å². The van der Waals surface area contributed by atoms with E-state index >= 15 is 0 Å². The van der Waals surface area contributed by atoms with Crippen molar-refractivity contribution in [2.45, 2.75) is 19.9 Å². The number of benzene rings is 1. The van der Waals surface area contributed by atoms with Crippen LogP contribution in [-0.2, 0) is 13.0 Å². The first-order valence-electron chi connectivity index (χ1n) is 6.75. The molecule has 0 bridgehead atoms. The highest BCUT2D eigenvalue weighted by Gasteiger charge is 2.17. The second kappa shape index (κ2) is 5.72. The van der Waals surface area contributed by atoms with Crippen LogP contribution in [0.1, 0.15) is 15.4 Å². The Bertz CT molecular complexity index is 550. The lowest BCUT2D eigenvalue weighted by molar-refractivity contribution is 0.483. The molecule has 2 heterocycles. The number of rotatable bonds is 4. The molecule has 0 amide bonds. The molecule has 1 aliphatic rings. The summed E-state index contributed by atoms with van der Waals surface area (Å²) in [4.78, 5) is 5.66. The average Bonchev–Trinajstić information content (AvgIpc) is 2.84. The molecule has 1 unspecified atom stereocenters. The van der Waals surface area contributed by atoms with Crippen molar-refractivity contribution >= 4 is 17.0 Å². The van der Waals surface area contributed by atoms with Crippen LogP contribution in [0.3, 0.4) is 0 Å². The molecule has 1 aromatic carbocycles. The molecule has 3 rings (SSSR count). The third kappa shape index (κ3) is 3.14. The number of hydrogen-bond acceptors (Lipinski definition) is 4. The van der Waals surface area contributed by atoms with Gasteiger partial charge in [0.25, 0.3) is 0 Å². The maximum absolute atomic E-state index is 4.37. The molecular formula is C15H19N3S. The van der Waals surface area contributed by atoms with E-state index in [0.29, 0.717) is 5.92 Å². The molecule has 100 valence electrons. The van der Waals surface area contributed by atoms with E-state index in [1.807, 2.05) is 6.20 Å². The van der Waals surface area contributed by atoms with E-state index in [9.17, 15) is 0 Å². The lowest BCUT2D eigenvalue weighted by Crippen LogP contribution is -2.32. The zero-order valence-corrected chi connectivity index (χ0v) is 12.0. The Labute approximate surface area is 118 Å². The Balaban J connectivity index is 1.50. The van der Waals surface area contributed by atoms with Gasteiger partial charge in [-0.25, -0.2) is 4.98 Å². The first-order valence-corrected chi connectivity index (χ1v) is 7.57. The van der Waals surface area contributed by atoms with E-state index in [1.54, 1.807) is 11.3 Å². The molecule has 0 saturated heterocycles. The van der Waals surface area contributed by atoms with E-state index in [4.69, 9.17) is 0 Å². The minimum absolute atomic E-state index is 0.663. The minimum Gasteiger partial charge on any atom is -0.384 e. The lowest BCUT2D eigenvalue weighted by Gasteiger charge is -2.26. The molecular weight excluding hydrogens is 254 g/mol. The van der Waals surface area contributed by atoms with Gasteiger partial charge in [-0.15, -0.1) is 11.3 Å². The zero-order chi connectivity index (χ0) is 13.1. The van der Waals surface area contributed by atoms with Crippen molar-refractivity contribution in [1.82, 2.24) is 10.3 Å². The van der Waals surface area contributed by atoms with E-state index < -0.39 is 0 Å². The number of anilines is 1. The van der Waals surface area contributed by atoms with E-state index in [-0.39, 0.29) is 0 Å². The molecule has 1 aromatic heterocycles. The molecule has 4 heteroatoms. The first-order chi connectivity index (χ1) is 9.31. The first kappa shape index (κ1) is 12.6. The molecule has 0 radical (unpaired) electrons. The van der Waals surface area contributed by atoms with Crippen LogP contribution >= 0.6 is 11.3 Å². The summed E-state index contributed by atoms with van der Waals surface area (Å²) in [6.45, 7) is 5.08. The zero-order valence-electron chi connectivity index (χ0n) is 11.1. The summed E-state index contributed by atoms with van der Waals surface area (Å²) in [6.07, 6.45) is 3.10. The summed E-state index contributed by atoms with van der Waals surface area (Å²) in [5.41, 5.74) is 2.74. The number of aromatic nitrogens is 1. The van der Waals surface area contributed by atoms with Gasteiger partial charge in [-0.1, -0.05) is 18.2 Å². The molecule has 1 aliphatic heterocycles. The Morgan fingerprint density at radius 1 is 1.42 bits per heavy atom. The summed E-state index contributed by atoms with van der Waals surface area (Å²) >= 11 is 1.77. The van der Waals surface area contributed by atoms with Gasteiger partial charge in [0.15, 0.2) is 0 Å². The summed E-state index contributed by atoms with van der Waals surface area (Å²) in [5.74, 6) is 0.663. The SMILES string of the molecule is Cc1cnc(CNCC2CNc3ccccc3C2)s1. The topological polar surface area (TPSA) is 37.0 Å². The van der Waals surface area contributed by atoms with Crippen LogP contribution in [0.4, 0.5) is 5.69 Å². The summed E-state index contributed by atoms with van der Waals surface area (Å²) in [6, 6.07) is 8.60. The van der Waals surface area contributed by atoms with Crippen molar-refractivity contribution in [2.24, 2.45) is 5.92 Å². The maximum atomic E-state index is 4.37. The quantitative estimate of drug-likeness (QED) is 0.899. The Hall–Kier alpha value is -1.39. The summed E-state index contributed by atoms with van der Waals surface area (Å²) < 4.78 is 0. The highest BCUT2D eigenvalue weighted by atomic mass is 32.1. The van der Waals surface area contributed by atoms with Gasteiger partial charge >= 0.3 is 0 Å². The van der Waals surface area contributed by atoms with Gasteiger partial charge in [0, 0.05) is 36.4 Å². The number of aryl methyl sites for hydroxylation is 1. The second-order valence-electron chi connectivity index (χ2n) is 5.10. The minimum atomic E-state index is 0.663. The smallest absolute Gasteiger partial charge is 0.107 e. The normalized spacial score (nSPS) is 17.8. The van der Waals surface area contributed by atoms with Crippen LogP contribution in [0.2, 0.25) is 0 Å². The van der Waals surface area contributed by atoms with Gasteiger partial charge < -0.3 is 10.6 Å². The summed E-state index contributed by atoms with van der Waals surface area (Å²) in [5, 5.41) is 8.22. The number of hydrogen-bond donors (Lipinski definition) is 2. The number of nitrogens with zero attached hydrogens (tertiary/aromatic N) is 1. The van der Waals surface area contributed by atoms with Crippen molar-refractivity contribution in [1.29, 1.82) is 0 Å². The predicted octanol–water partition coefficient (Wildman–Crippen LogP) is 2.83. The van der Waals surface area contributed by atoms with Gasteiger partial charge in [-0.05, 0) is 30.9 Å². The third-order valence-corrected chi connectivity index (χ3v) is 4.40.